The van der Waals surface area contributed by atoms with Crippen molar-refractivity contribution in [2.75, 3.05) is 10.8 Å². The number of para-hydroxylation sites is 1. The summed E-state index contributed by atoms with van der Waals surface area (Å²) in [5, 5.41) is 3.09. The molecule has 1 aliphatic carbocycles. The average molecular weight is 644 g/mol. The number of ether oxygens (including phenoxy) is 1. The number of halogens is 1. The standard InChI is InChI=1S/C36H38FN3O5S/c1-2-34(36(42)38-29-11-9-10-12-29)39(25-27-17-19-28(37)20-18-27)35(41)26-40(46(43,44)33-15-7-4-8-16-33)30-21-23-32(24-22-30)45-31-13-5-3-6-14-31/h3-8,13-24,29,34H,2,9-12,25-26H2,1H3,(H,38,42). The Morgan fingerprint density at radius 1 is 0.848 bits per heavy atom. The summed E-state index contributed by atoms with van der Waals surface area (Å²) in [6.07, 6.45) is 4.12. The van der Waals surface area contributed by atoms with E-state index in [9.17, 15) is 22.4 Å². The summed E-state index contributed by atoms with van der Waals surface area (Å²) in [6.45, 7) is 1.25. The van der Waals surface area contributed by atoms with E-state index < -0.39 is 34.3 Å². The highest BCUT2D eigenvalue weighted by Crippen LogP contribution is 2.29. The van der Waals surface area contributed by atoms with Crippen molar-refractivity contribution >= 4 is 27.5 Å². The highest BCUT2D eigenvalue weighted by Gasteiger charge is 2.34. The Labute approximate surface area is 269 Å². The first kappa shape index (κ1) is 32.7. The number of carbonyl (C=O) groups excluding carboxylic acids is 2. The van der Waals surface area contributed by atoms with Crippen LogP contribution in [0.2, 0.25) is 0 Å². The van der Waals surface area contributed by atoms with Crippen LogP contribution in [0.4, 0.5) is 10.1 Å². The van der Waals surface area contributed by atoms with Crippen LogP contribution in [-0.4, -0.2) is 43.8 Å². The minimum absolute atomic E-state index is 0.00121. The van der Waals surface area contributed by atoms with Crippen LogP contribution >= 0.6 is 0 Å². The summed E-state index contributed by atoms with van der Waals surface area (Å²) in [5.74, 6) is -0.165. The van der Waals surface area contributed by atoms with Crippen LogP contribution in [0.15, 0.2) is 114 Å². The fraction of sp³-hybridized carbons (Fsp3) is 0.278. The molecule has 0 heterocycles. The van der Waals surface area contributed by atoms with Gasteiger partial charge in [-0.25, -0.2) is 12.8 Å². The number of hydrogen-bond donors (Lipinski definition) is 1. The molecule has 0 spiro atoms. The summed E-state index contributed by atoms with van der Waals surface area (Å²) in [6, 6.07) is 28.4. The molecule has 1 N–H and O–H groups in total. The molecule has 10 heteroatoms. The van der Waals surface area contributed by atoms with Crippen LogP contribution in [0.5, 0.6) is 11.5 Å². The van der Waals surface area contributed by atoms with Gasteiger partial charge in [-0.2, -0.15) is 0 Å². The molecule has 46 heavy (non-hydrogen) atoms. The van der Waals surface area contributed by atoms with Gasteiger partial charge < -0.3 is 15.0 Å². The third-order valence-electron chi connectivity index (χ3n) is 8.07. The number of nitrogens with zero attached hydrogens (tertiary/aromatic N) is 2. The summed E-state index contributed by atoms with van der Waals surface area (Å²) in [7, 11) is -4.21. The first-order valence-corrected chi connectivity index (χ1v) is 16.9. The zero-order chi connectivity index (χ0) is 32.5. The fourth-order valence-electron chi connectivity index (χ4n) is 5.63. The molecule has 240 valence electrons. The lowest BCUT2D eigenvalue weighted by Crippen LogP contribution is -2.53. The molecule has 0 bridgehead atoms. The van der Waals surface area contributed by atoms with Gasteiger partial charge in [0.1, 0.15) is 29.9 Å². The number of rotatable bonds is 13. The molecule has 1 saturated carbocycles. The second-order valence-electron chi connectivity index (χ2n) is 11.3. The maximum absolute atomic E-state index is 14.3. The summed E-state index contributed by atoms with van der Waals surface area (Å²) in [4.78, 5) is 29.3. The van der Waals surface area contributed by atoms with Crippen molar-refractivity contribution in [1.82, 2.24) is 10.2 Å². The van der Waals surface area contributed by atoms with E-state index in [0.717, 1.165) is 30.0 Å². The highest BCUT2D eigenvalue weighted by molar-refractivity contribution is 7.92. The first-order chi connectivity index (χ1) is 22.2. The van der Waals surface area contributed by atoms with Gasteiger partial charge in [-0.1, -0.05) is 68.3 Å². The third-order valence-corrected chi connectivity index (χ3v) is 9.86. The highest BCUT2D eigenvalue weighted by atomic mass is 32.2. The number of hydrogen-bond acceptors (Lipinski definition) is 5. The van der Waals surface area contributed by atoms with E-state index in [-0.39, 0.29) is 29.1 Å². The molecular formula is C36H38FN3O5S. The largest absolute Gasteiger partial charge is 0.457 e. The van der Waals surface area contributed by atoms with Gasteiger partial charge in [0.05, 0.1) is 10.6 Å². The van der Waals surface area contributed by atoms with Crippen LogP contribution in [0.25, 0.3) is 0 Å². The maximum Gasteiger partial charge on any atom is 0.264 e. The second kappa shape index (κ2) is 15.1. The summed E-state index contributed by atoms with van der Waals surface area (Å²) < 4.78 is 48.8. The van der Waals surface area contributed by atoms with Gasteiger partial charge in [0.15, 0.2) is 0 Å². The molecule has 0 saturated heterocycles. The van der Waals surface area contributed by atoms with Crippen molar-refractivity contribution in [1.29, 1.82) is 0 Å². The SMILES string of the molecule is CCC(C(=O)NC1CCCC1)N(Cc1ccc(F)cc1)C(=O)CN(c1ccc(Oc2ccccc2)cc1)S(=O)(=O)c1ccccc1. The Bertz CT molecular complexity index is 1700. The van der Waals surface area contributed by atoms with Crippen LogP contribution in [-0.2, 0) is 26.2 Å². The summed E-state index contributed by atoms with van der Waals surface area (Å²) >= 11 is 0. The Morgan fingerprint density at radius 2 is 1.43 bits per heavy atom. The van der Waals surface area contributed by atoms with Gasteiger partial charge in [0.2, 0.25) is 11.8 Å². The molecule has 1 atom stereocenters. The van der Waals surface area contributed by atoms with E-state index in [2.05, 4.69) is 5.32 Å². The van der Waals surface area contributed by atoms with Crippen LogP contribution in [0, 0.1) is 5.82 Å². The van der Waals surface area contributed by atoms with Crippen LogP contribution in [0.3, 0.4) is 0 Å². The minimum Gasteiger partial charge on any atom is -0.457 e. The van der Waals surface area contributed by atoms with Gasteiger partial charge in [-0.3, -0.25) is 13.9 Å². The van der Waals surface area contributed by atoms with E-state index in [1.54, 1.807) is 54.6 Å². The molecule has 0 aliphatic heterocycles. The minimum atomic E-state index is -4.21. The molecule has 4 aromatic rings. The molecule has 5 rings (SSSR count). The van der Waals surface area contributed by atoms with Gasteiger partial charge in [0.25, 0.3) is 10.0 Å². The fourth-order valence-corrected chi connectivity index (χ4v) is 7.06. The monoisotopic (exact) mass is 643 g/mol. The maximum atomic E-state index is 14.3. The van der Waals surface area contributed by atoms with Crippen LogP contribution in [0.1, 0.15) is 44.6 Å². The molecule has 8 nitrogen and oxygen atoms in total. The molecule has 4 aromatic carbocycles. The second-order valence-corrected chi connectivity index (χ2v) is 13.2. The average Bonchev–Trinajstić information content (AvgIpc) is 3.58. The number of anilines is 1. The van der Waals surface area contributed by atoms with E-state index >= 15 is 0 Å². The normalized spacial score (nSPS) is 14.0. The first-order valence-electron chi connectivity index (χ1n) is 15.5. The van der Waals surface area contributed by atoms with Crippen molar-refractivity contribution in [3.63, 3.8) is 0 Å². The van der Waals surface area contributed by atoms with Crippen molar-refractivity contribution in [3.8, 4) is 11.5 Å². The van der Waals surface area contributed by atoms with Gasteiger partial charge >= 0.3 is 0 Å². The molecule has 1 fully saturated rings. The predicted molar refractivity (Wildman–Crippen MR) is 175 cm³/mol. The van der Waals surface area contributed by atoms with Crippen molar-refractivity contribution in [3.05, 3.63) is 121 Å². The molecule has 2 amide bonds. The number of nitrogens with one attached hydrogen (secondary N) is 1. The quantitative estimate of drug-likeness (QED) is 0.175. The smallest absolute Gasteiger partial charge is 0.264 e. The van der Waals surface area contributed by atoms with E-state index in [1.165, 1.54) is 29.2 Å². The Morgan fingerprint density at radius 3 is 2.04 bits per heavy atom. The Kier molecular flexibility index (Phi) is 10.7. The van der Waals surface area contributed by atoms with E-state index in [1.807, 2.05) is 37.3 Å². The van der Waals surface area contributed by atoms with Crippen molar-refractivity contribution < 1.29 is 27.1 Å². The number of amides is 2. The van der Waals surface area contributed by atoms with Crippen molar-refractivity contribution in [2.45, 2.75) is 62.6 Å². The van der Waals surface area contributed by atoms with E-state index in [4.69, 9.17) is 4.74 Å². The summed E-state index contributed by atoms with van der Waals surface area (Å²) in [5.41, 5.74) is 0.865. The van der Waals surface area contributed by atoms with Gasteiger partial charge in [-0.15, -0.1) is 0 Å². The topological polar surface area (TPSA) is 96.0 Å². The molecule has 1 aliphatic rings. The Balaban J connectivity index is 1.47. The molecular weight excluding hydrogens is 605 g/mol. The lowest BCUT2D eigenvalue weighted by atomic mass is 10.1. The lowest BCUT2D eigenvalue weighted by Gasteiger charge is -2.33. The van der Waals surface area contributed by atoms with Crippen molar-refractivity contribution in [2.24, 2.45) is 0 Å². The Hall–Kier alpha value is -4.70. The van der Waals surface area contributed by atoms with Gasteiger partial charge in [-0.05, 0) is 85.5 Å². The molecule has 0 aromatic heterocycles. The zero-order valence-corrected chi connectivity index (χ0v) is 26.5. The number of sulfonamides is 1. The lowest BCUT2D eigenvalue weighted by molar-refractivity contribution is -0.140. The number of benzene rings is 4. The van der Waals surface area contributed by atoms with E-state index in [0.29, 0.717) is 23.5 Å². The predicted octanol–water partition coefficient (Wildman–Crippen LogP) is 6.68. The third kappa shape index (κ3) is 8.11. The molecule has 0 radical (unpaired) electrons. The van der Waals surface area contributed by atoms with Gasteiger partial charge in [0, 0.05) is 12.6 Å². The van der Waals surface area contributed by atoms with Crippen LogP contribution < -0.4 is 14.4 Å². The zero-order valence-electron chi connectivity index (χ0n) is 25.7. The molecule has 1 unspecified atom stereocenters. The number of carbonyl (C=O) groups is 2.